The lowest BCUT2D eigenvalue weighted by atomic mass is 10.2. The number of sulfonamides is 1. The van der Waals surface area contributed by atoms with Crippen LogP contribution in [-0.2, 0) is 14.8 Å². The van der Waals surface area contributed by atoms with Gasteiger partial charge in [0.15, 0.2) is 0 Å². The van der Waals surface area contributed by atoms with E-state index >= 15 is 0 Å². The molecule has 1 aliphatic rings. The predicted octanol–water partition coefficient (Wildman–Crippen LogP) is 0.456. The maximum absolute atomic E-state index is 12.5. The number of nitrogens with zero attached hydrogens (tertiary/aromatic N) is 1. The molecule has 0 amide bonds. The van der Waals surface area contributed by atoms with Crippen LogP contribution in [0.5, 0.6) is 0 Å². The number of esters is 1. The van der Waals surface area contributed by atoms with Gasteiger partial charge in [0.05, 0.1) is 17.6 Å². The van der Waals surface area contributed by atoms with Crippen molar-refractivity contribution in [2.45, 2.75) is 17.9 Å². The number of benzene rings is 1. The molecule has 0 spiro atoms. The van der Waals surface area contributed by atoms with Crippen molar-refractivity contribution >= 4 is 16.0 Å². The zero-order valence-electron chi connectivity index (χ0n) is 11.5. The fraction of sp³-hybridized carbons (Fsp3) is 0.462. The van der Waals surface area contributed by atoms with E-state index in [0.29, 0.717) is 19.6 Å². The second-order valence-corrected chi connectivity index (χ2v) is 6.68. The maximum atomic E-state index is 12.5. The third-order valence-electron chi connectivity index (χ3n) is 3.22. The van der Waals surface area contributed by atoms with Gasteiger partial charge in [0, 0.05) is 25.7 Å². The number of hydrogen-bond donors (Lipinski definition) is 1. The van der Waals surface area contributed by atoms with Crippen molar-refractivity contribution in [2.75, 3.05) is 26.7 Å². The molecular formula is C13H18N2O4S. The Hall–Kier alpha value is -1.44. The number of ether oxygens (including phenoxy) is 1. The van der Waals surface area contributed by atoms with Gasteiger partial charge in [-0.3, -0.25) is 0 Å². The standard InChI is InChI=1S/C13H18N2O4S/c1-10-9-15(7-6-14-10)20(17,18)12-5-3-4-11(8-12)13(16)19-2/h3-5,8,10,14H,6-7,9H2,1-2H3. The van der Waals surface area contributed by atoms with E-state index in [4.69, 9.17) is 0 Å². The first-order valence-electron chi connectivity index (χ1n) is 6.37. The summed E-state index contributed by atoms with van der Waals surface area (Å²) in [5, 5.41) is 3.19. The van der Waals surface area contributed by atoms with Crippen molar-refractivity contribution in [3.63, 3.8) is 0 Å². The Morgan fingerprint density at radius 2 is 2.20 bits per heavy atom. The molecule has 1 unspecified atom stereocenters. The zero-order chi connectivity index (χ0) is 14.8. The first-order chi connectivity index (χ1) is 9.45. The van der Waals surface area contributed by atoms with Crippen molar-refractivity contribution in [3.8, 4) is 0 Å². The Morgan fingerprint density at radius 1 is 1.45 bits per heavy atom. The van der Waals surface area contributed by atoms with Crippen LogP contribution in [0.1, 0.15) is 17.3 Å². The van der Waals surface area contributed by atoms with Gasteiger partial charge >= 0.3 is 5.97 Å². The van der Waals surface area contributed by atoms with Crippen LogP contribution in [0.4, 0.5) is 0 Å². The van der Waals surface area contributed by atoms with Crippen LogP contribution < -0.4 is 5.32 Å². The van der Waals surface area contributed by atoms with E-state index in [-0.39, 0.29) is 16.5 Å². The summed E-state index contributed by atoms with van der Waals surface area (Å²) < 4.78 is 31.1. The largest absolute Gasteiger partial charge is 0.465 e. The normalized spacial score (nSPS) is 20.6. The van der Waals surface area contributed by atoms with Crippen LogP contribution in [0.3, 0.4) is 0 Å². The van der Waals surface area contributed by atoms with Crippen LogP contribution in [0, 0.1) is 0 Å². The Balaban J connectivity index is 2.32. The topological polar surface area (TPSA) is 75.7 Å². The number of carbonyl (C=O) groups is 1. The molecule has 1 atom stereocenters. The summed E-state index contributed by atoms with van der Waals surface area (Å²) in [6.07, 6.45) is 0. The van der Waals surface area contributed by atoms with Crippen molar-refractivity contribution in [1.29, 1.82) is 0 Å². The third-order valence-corrected chi connectivity index (χ3v) is 5.09. The monoisotopic (exact) mass is 298 g/mol. The Morgan fingerprint density at radius 3 is 2.85 bits per heavy atom. The predicted molar refractivity (Wildman–Crippen MR) is 74.0 cm³/mol. The summed E-state index contributed by atoms with van der Waals surface area (Å²) in [6, 6.07) is 6.04. The van der Waals surface area contributed by atoms with Gasteiger partial charge in [-0.15, -0.1) is 0 Å². The Labute approximate surface area is 118 Å². The van der Waals surface area contributed by atoms with Gasteiger partial charge in [-0.05, 0) is 25.1 Å². The lowest BCUT2D eigenvalue weighted by molar-refractivity contribution is 0.0600. The Kier molecular flexibility index (Phi) is 4.42. The quantitative estimate of drug-likeness (QED) is 0.820. The van der Waals surface area contributed by atoms with Gasteiger partial charge in [0.1, 0.15) is 0 Å². The highest BCUT2D eigenvalue weighted by molar-refractivity contribution is 7.89. The molecule has 1 aliphatic heterocycles. The first kappa shape index (κ1) is 15.0. The summed E-state index contributed by atoms with van der Waals surface area (Å²) in [6.45, 7) is 3.41. The second kappa shape index (κ2) is 5.90. The lowest BCUT2D eigenvalue weighted by Crippen LogP contribution is -2.51. The summed E-state index contributed by atoms with van der Waals surface area (Å²) in [4.78, 5) is 11.6. The molecule has 20 heavy (non-hydrogen) atoms. The average Bonchev–Trinajstić information content (AvgIpc) is 2.46. The fourth-order valence-electron chi connectivity index (χ4n) is 2.17. The van der Waals surface area contributed by atoms with E-state index in [0.717, 1.165) is 0 Å². The molecule has 1 aromatic carbocycles. The molecule has 1 N–H and O–H groups in total. The molecule has 1 aromatic rings. The molecule has 2 rings (SSSR count). The Bertz CT molecular complexity index is 600. The molecule has 0 aromatic heterocycles. The molecular weight excluding hydrogens is 280 g/mol. The van der Waals surface area contributed by atoms with E-state index in [1.807, 2.05) is 6.92 Å². The number of nitrogens with one attached hydrogen (secondary N) is 1. The number of piperazine rings is 1. The summed E-state index contributed by atoms with van der Waals surface area (Å²) in [5.74, 6) is -0.546. The molecule has 1 heterocycles. The maximum Gasteiger partial charge on any atom is 0.337 e. The minimum Gasteiger partial charge on any atom is -0.465 e. The highest BCUT2D eigenvalue weighted by atomic mass is 32.2. The average molecular weight is 298 g/mol. The smallest absolute Gasteiger partial charge is 0.337 e. The SMILES string of the molecule is COC(=O)c1cccc(S(=O)(=O)N2CCNC(C)C2)c1. The molecule has 0 aliphatic carbocycles. The van der Waals surface area contributed by atoms with Crippen LogP contribution in [0.25, 0.3) is 0 Å². The van der Waals surface area contributed by atoms with Gasteiger partial charge < -0.3 is 10.1 Å². The van der Waals surface area contributed by atoms with Gasteiger partial charge in [0.2, 0.25) is 10.0 Å². The van der Waals surface area contributed by atoms with Gasteiger partial charge in [0.25, 0.3) is 0 Å². The molecule has 110 valence electrons. The number of methoxy groups -OCH3 is 1. The van der Waals surface area contributed by atoms with Gasteiger partial charge in [-0.25, -0.2) is 13.2 Å². The summed E-state index contributed by atoms with van der Waals surface area (Å²) in [5.41, 5.74) is 0.233. The van der Waals surface area contributed by atoms with Crippen molar-refractivity contribution in [3.05, 3.63) is 29.8 Å². The highest BCUT2D eigenvalue weighted by Crippen LogP contribution is 2.19. The van der Waals surface area contributed by atoms with E-state index in [1.54, 1.807) is 6.07 Å². The van der Waals surface area contributed by atoms with Crippen molar-refractivity contribution in [2.24, 2.45) is 0 Å². The molecule has 6 nitrogen and oxygen atoms in total. The lowest BCUT2D eigenvalue weighted by Gasteiger charge is -2.31. The zero-order valence-corrected chi connectivity index (χ0v) is 12.3. The van der Waals surface area contributed by atoms with Crippen molar-refractivity contribution < 1.29 is 17.9 Å². The fourth-order valence-corrected chi connectivity index (χ4v) is 3.74. The number of carbonyl (C=O) groups excluding carboxylic acids is 1. The van der Waals surface area contributed by atoms with Crippen LogP contribution in [-0.4, -0.2) is 51.5 Å². The second-order valence-electron chi connectivity index (χ2n) is 4.74. The third kappa shape index (κ3) is 3.00. The molecule has 1 fully saturated rings. The molecule has 0 radical (unpaired) electrons. The minimum atomic E-state index is -3.57. The highest BCUT2D eigenvalue weighted by Gasteiger charge is 2.28. The van der Waals surface area contributed by atoms with Crippen LogP contribution in [0.15, 0.2) is 29.2 Å². The van der Waals surface area contributed by atoms with E-state index < -0.39 is 16.0 Å². The van der Waals surface area contributed by atoms with Gasteiger partial charge in [-0.1, -0.05) is 6.07 Å². The molecule has 0 saturated carbocycles. The molecule has 0 bridgehead atoms. The first-order valence-corrected chi connectivity index (χ1v) is 7.81. The van der Waals surface area contributed by atoms with E-state index in [2.05, 4.69) is 10.1 Å². The van der Waals surface area contributed by atoms with Crippen molar-refractivity contribution in [1.82, 2.24) is 9.62 Å². The summed E-state index contributed by atoms with van der Waals surface area (Å²) >= 11 is 0. The minimum absolute atomic E-state index is 0.113. The number of hydrogen-bond acceptors (Lipinski definition) is 5. The number of rotatable bonds is 3. The molecule has 7 heteroatoms. The summed E-state index contributed by atoms with van der Waals surface area (Å²) in [7, 11) is -2.31. The molecule has 1 saturated heterocycles. The van der Waals surface area contributed by atoms with Crippen LogP contribution >= 0.6 is 0 Å². The van der Waals surface area contributed by atoms with E-state index in [1.165, 1.54) is 29.6 Å². The van der Waals surface area contributed by atoms with E-state index in [9.17, 15) is 13.2 Å². The van der Waals surface area contributed by atoms with Gasteiger partial charge in [-0.2, -0.15) is 4.31 Å². The van der Waals surface area contributed by atoms with Crippen LogP contribution in [0.2, 0.25) is 0 Å².